The van der Waals surface area contributed by atoms with Crippen molar-refractivity contribution >= 4 is 28.3 Å². The van der Waals surface area contributed by atoms with Crippen LogP contribution in [-0.2, 0) is 11.8 Å². The van der Waals surface area contributed by atoms with E-state index in [-0.39, 0.29) is 0 Å². The summed E-state index contributed by atoms with van der Waals surface area (Å²) in [5, 5.41) is 7.90. The lowest BCUT2D eigenvalue weighted by Gasteiger charge is -2.34. The number of fused-ring (bicyclic) bond motifs is 1. The molecule has 5 aromatic rings. The highest BCUT2D eigenvalue weighted by molar-refractivity contribution is 6.05. The molecule has 1 aliphatic heterocycles. The van der Waals surface area contributed by atoms with Crippen LogP contribution in [0.15, 0.2) is 73.7 Å². The first-order chi connectivity index (χ1) is 19.8. The number of hydrogen-bond donors (Lipinski definition) is 2. The van der Waals surface area contributed by atoms with E-state index in [1.807, 2.05) is 25.5 Å². The van der Waals surface area contributed by atoms with Crippen molar-refractivity contribution in [3.63, 3.8) is 0 Å². The maximum absolute atomic E-state index is 15.3. The lowest BCUT2D eigenvalue weighted by molar-refractivity contribution is -0.111. The Morgan fingerprint density at radius 2 is 1.76 bits per heavy atom. The summed E-state index contributed by atoms with van der Waals surface area (Å²) in [5.41, 5.74) is 7.65. The van der Waals surface area contributed by atoms with Gasteiger partial charge in [-0.2, -0.15) is 5.10 Å². The SMILES string of the molecule is C=CC(=O)Nc1cc(-c2c(-c3ccc(N4CCN(C)CC4)cc3)[nH]c3ncc(-c4cnn(C)c4)cc23)cc(F)c1C. The normalized spacial score (nSPS) is 14.0. The third-order valence-corrected chi connectivity index (χ3v) is 7.79. The van der Waals surface area contributed by atoms with Crippen LogP contribution in [0.25, 0.3) is 44.5 Å². The maximum atomic E-state index is 15.3. The fourth-order valence-corrected chi connectivity index (χ4v) is 5.36. The van der Waals surface area contributed by atoms with Gasteiger partial charge in [-0.1, -0.05) is 18.7 Å². The number of pyridine rings is 1. The number of carbonyl (C=O) groups is 1. The second-order valence-electron chi connectivity index (χ2n) is 10.6. The lowest BCUT2D eigenvalue weighted by Crippen LogP contribution is -2.44. The molecule has 2 aromatic carbocycles. The summed E-state index contributed by atoms with van der Waals surface area (Å²) < 4.78 is 17.1. The number of halogens is 1. The first kappa shape index (κ1) is 26.5. The van der Waals surface area contributed by atoms with Gasteiger partial charge in [0.05, 0.1) is 11.9 Å². The molecule has 0 radical (unpaired) electrons. The highest BCUT2D eigenvalue weighted by Gasteiger charge is 2.21. The Morgan fingerprint density at radius 1 is 1.00 bits per heavy atom. The number of carbonyl (C=O) groups excluding carboxylic acids is 1. The summed E-state index contributed by atoms with van der Waals surface area (Å²) in [6.07, 6.45) is 6.71. The first-order valence-corrected chi connectivity index (χ1v) is 13.6. The number of anilines is 2. The minimum atomic E-state index is -0.413. The van der Waals surface area contributed by atoms with E-state index >= 15 is 4.39 Å². The molecule has 0 saturated carbocycles. The lowest BCUT2D eigenvalue weighted by atomic mass is 9.96. The van der Waals surface area contributed by atoms with E-state index in [4.69, 9.17) is 4.98 Å². The largest absolute Gasteiger partial charge is 0.369 e. The highest BCUT2D eigenvalue weighted by Crippen LogP contribution is 2.41. The van der Waals surface area contributed by atoms with E-state index in [1.165, 1.54) is 17.8 Å². The van der Waals surface area contributed by atoms with E-state index in [1.54, 1.807) is 23.9 Å². The molecule has 0 bridgehead atoms. The fraction of sp³-hybridized carbons (Fsp3) is 0.219. The van der Waals surface area contributed by atoms with Crippen molar-refractivity contribution < 1.29 is 9.18 Å². The van der Waals surface area contributed by atoms with Crippen molar-refractivity contribution in [3.05, 3.63) is 85.1 Å². The van der Waals surface area contributed by atoms with Crippen LogP contribution < -0.4 is 10.2 Å². The predicted octanol–water partition coefficient (Wildman–Crippen LogP) is 5.62. The third kappa shape index (κ3) is 5.12. The molecular weight excluding hydrogens is 517 g/mol. The van der Waals surface area contributed by atoms with Crippen LogP contribution in [0.3, 0.4) is 0 Å². The Morgan fingerprint density at radius 3 is 2.44 bits per heavy atom. The molecule has 0 unspecified atom stereocenters. The second kappa shape index (κ2) is 10.7. The predicted molar refractivity (Wildman–Crippen MR) is 162 cm³/mol. The van der Waals surface area contributed by atoms with Crippen molar-refractivity contribution in [1.29, 1.82) is 0 Å². The molecule has 1 fully saturated rings. The summed E-state index contributed by atoms with van der Waals surface area (Å²) in [6.45, 7) is 9.20. The summed E-state index contributed by atoms with van der Waals surface area (Å²) in [6, 6.07) is 13.8. The minimum Gasteiger partial charge on any atom is -0.369 e. The van der Waals surface area contributed by atoms with Gasteiger partial charge in [-0.05, 0) is 61.5 Å². The summed E-state index contributed by atoms with van der Waals surface area (Å²) in [5.74, 6) is -0.812. The highest BCUT2D eigenvalue weighted by atomic mass is 19.1. The van der Waals surface area contributed by atoms with E-state index in [0.29, 0.717) is 22.5 Å². The standard InChI is InChI=1S/C32H32FN7O/c1-5-29(41)36-28-16-22(15-27(33)20(28)2)30-26-14-23(24-18-35-39(4)19-24)17-34-32(26)37-31(30)21-6-8-25(9-7-21)40-12-10-38(3)11-13-40/h5-9,14-19H,1,10-13H2,2-4H3,(H,34,37)(H,36,41). The Balaban J connectivity index is 1.51. The third-order valence-electron chi connectivity index (χ3n) is 7.79. The van der Waals surface area contributed by atoms with Crippen molar-refractivity contribution in [2.45, 2.75) is 6.92 Å². The number of piperazine rings is 1. The minimum absolute atomic E-state index is 0.357. The Bertz CT molecular complexity index is 1760. The van der Waals surface area contributed by atoms with Gasteiger partial charge in [0.2, 0.25) is 5.91 Å². The molecule has 0 atom stereocenters. The monoisotopic (exact) mass is 549 g/mol. The van der Waals surface area contributed by atoms with Gasteiger partial charge in [0.1, 0.15) is 11.5 Å². The molecule has 0 spiro atoms. The number of nitrogens with zero attached hydrogens (tertiary/aromatic N) is 5. The number of rotatable bonds is 6. The molecule has 208 valence electrons. The molecule has 8 nitrogen and oxygen atoms in total. The first-order valence-electron chi connectivity index (χ1n) is 13.6. The Hall–Kier alpha value is -4.76. The van der Waals surface area contributed by atoms with Gasteiger partial charge in [0.25, 0.3) is 0 Å². The molecule has 1 amide bonds. The maximum Gasteiger partial charge on any atom is 0.247 e. The number of aromatic amines is 1. The van der Waals surface area contributed by atoms with Gasteiger partial charge in [0.15, 0.2) is 0 Å². The van der Waals surface area contributed by atoms with Crippen LogP contribution in [0.5, 0.6) is 0 Å². The number of likely N-dealkylation sites (N-methyl/N-ethyl adjacent to an activating group) is 1. The second-order valence-corrected chi connectivity index (χ2v) is 10.6. The molecule has 4 heterocycles. The Kier molecular flexibility index (Phi) is 6.88. The molecular formula is C32H32FN7O. The molecule has 41 heavy (non-hydrogen) atoms. The van der Waals surface area contributed by atoms with Crippen molar-refractivity contribution in [3.8, 4) is 33.5 Å². The van der Waals surface area contributed by atoms with Crippen LogP contribution >= 0.6 is 0 Å². The van der Waals surface area contributed by atoms with Crippen LogP contribution in [0.1, 0.15) is 5.56 Å². The number of aromatic nitrogens is 4. The fourth-order valence-electron chi connectivity index (χ4n) is 5.36. The molecule has 0 aliphatic carbocycles. The number of benzene rings is 2. The molecule has 2 N–H and O–H groups in total. The van der Waals surface area contributed by atoms with Gasteiger partial charge < -0.3 is 20.1 Å². The van der Waals surface area contributed by atoms with Crippen LogP contribution in [-0.4, -0.2) is 63.8 Å². The quantitative estimate of drug-likeness (QED) is 0.269. The van der Waals surface area contributed by atoms with Gasteiger partial charge in [-0.15, -0.1) is 0 Å². The van der Waals surface area contributed by atoms with Crippen LogP contribution in [0.4, 0.5) is 15.8 Å². The zero-order valence-corrected chi connectivity index (χ0v) is 23.4. The zero-order valence-electron chi connectivity index (χ0n) is 23.4. The van der Waals surface area contributed by atoms with E-state index < -0.39 is 11.7 Å². The molecule has 6 rings (SSSR count). The van der Waals surface area contributed by atoms with Crippen molar-refractivity contribution in [2.24, 2.45) is 7.05 Å². The summed E-state index contributed by atoms with van der Waals surface area (Å²) in [7, 11) is 4.02. The van der Waals surface area contributed by atoms with Gasteiger partial charge in [-0.25, -0.2) is 9.37 Å². The van der Waals surface area contributed by atoms with Gasteiger partial charge >= 0.3 is 0 Å². The van der Waals surface area contributed by atoms with E-state index in [0.717, 1.165) is 59.5 Å². The van der Waals surface area contributed by atoms with Crippen LogP contribution in [0.2, 0.25) is 0 Å². The Labute approximate surface area is 238 Å². The van der Waals surface area contributed by atoms with E-state index in [2.05, 4.69) is 63.1 Å². The van der Waals surface area contributed by atoms with Gasteiger partial charge in [-0.3, -0.25) is 9.48 Å². The molecule has 3 aromatic heterocycles. The van der Waals surface area contributed by atoms with Gasteiger partial charge in [0, 0.05) is 84.6 Å². The number of amides is 1. The molecule has 1 saturated heterocycles. The average Bonchev–Trinajstić information content (AvgIpc) is 3.59. The van der Waals surface area contributed by atoms with Crippen molar-refractivity contribution in [1.82, 2.24) is 24.6 Å². The topological polar surface area (TPSA) is 82.1 Å². The zero-order chi connectivity index (χ0) is 28.7. The average molecular weight is 550 g/mol. The molecule has 1 aliphatic rings. The summed E-state index contributed by atoms with van der Waals surface area (Å²) >= 11 is 0. The number of aryl methyl sites for hydroxylation is 1. The number of nitrogens with one attached hydrogen (secondary N) is 2. The number of hydrogen-bond acceptors (Lipinski definition) is 5. The van der Waals surface area contributed by atoms with Crippen LogP contribution in [0, 0.1) is 12.7 Å². The molecule has 9 heteroatoms. The van der Waals surface area contributed by atoms with Crippen molar-refractivity contribution in [2.75, 3.05) is 43.4 Å². The number of H-pyrrole nitrogens is 1. The smallest absolute Gasteiger partial charge is 0.247 e. The summed E-state index contributed by atoms with van der Waals surface area (Å²) in [4.78, 5) is 25.1. The van der Waals surface area contributed by atoms with E-state index in [9.17, 15) is 4.79 Å².